The third kappa shape index (κ3) is 1.10. The summed E-state index contributed by atoms with van der Waals surface area (Å²) in [5.74, 6) is -0.371. The van der Waals surface area contributed by atoms with Gasteiger partial charge in [0.25, 0.3) is 0 Å². The fraction of sp³-hybridized carbons (Fsp3) is 0.900. The highest BCUT2D eigenvalue weighted by atomic mass is 16.8. The van der Waals surface area contributed by atoms with Crippen molar-refractivity contribution in [3.05, 3.63) is 0 Å². The van der Waals surface area contributed by atoms with Gasteiger partial charge >= 0.3 is 5.97 Å². The highest BCUT2D eigenvalue weighted by Crippen LogP contribution is 2.45. The lowest BCUT2D eigenvalue weighted by Crippen LogP contribution is -2.49. The minimum Gasteiger partial charge on any atom is -0.456 e. The molecule has 0 aromatic rings. The van der Waals surface area contributed by atoms with Crippen molar-refractivity contribution in [2.45, 2.75) is 37.6 Å². The Kier molecular flexibility index (Phi) is 1.82. The predicted molar refractivity (Wildman–Crippen MR) is 46.5 cm³/mol. The van der Waals surface area contributed by atoms with Gasteiger partial charge in [0.2, 0.25) is 5.79 Å². The zero-order valence-corrected chi connectivity index (χ0v) is 8.03. The van der Waals surface area contributed by atoms with E-state index in [1.165, 1.54) is 0 Å². The number of carbonyl (C=O) groups excluding carboxylic acids is 1. The summed E-state index contributed by atoms with van der Waals surface area (Å²) in [5, 5.41) is 0. The second-order valence-electron chi connectivity index (χ2n) is 4.28. The van der Waals surface area contributed by atoms with Gasteiger partial charge in [0.1, 0.15) is 0 Å². The number of rotatable bonds is 0. The van der Waals surface area contributed by atoms with E-state index in [4.69, 9.17) is 14.2 Å². The molecule has 1 aliphatic carbocycles. The standard InChI is InChI=1S/C10H14O4/c11-8-6-7-2-1-3-10(9(7)14-8)12-4-5-13-10/h7,9H,1-6H2/t7-,9+/m0/s1. The third-order valence-corrected chi connectivity index (χ3v) is 3.43. The molecular weight excluding hydrogens is 184 g/mol. The highest BCUT2D eigenvalue weighted by molar-refractivity contribution is 5.72. The molecule has 0 N–H and O–H groups in total. The van der Waals surface area contributed by atoms with Gasteiger partial charge < -0.3 is 14.2 Å². The van der Waals surface area contributed by atoms with Crippen LogP contribution in [0.5, 0.6) is 0 Å². The zero-order chi connectivity index (χ0) is 9.60. The zero-order valence-electron chi connectivity index (χ0n) is 8.03. The van der Waals surface area contributed by atoms with Crippen LogP contribution in [0.4, 0.5) is 0 Å². The molecule has 2 atom stereocenters. The van der Waals surface area contributed by atoms with Crippen LogP contribution in [0.3, 0.4) is 0 Å². The minimum absolute atomic E-state index is 0.0969. The Hall–Kier alpha value is -0.610. The smallest absolute Gasteiger partial charge is 0.306 e. The second kappa shape index (κ2) is 2.94. The van der Waals surface area contributed by atoms with Crippen LogP contribution in [-0.4, -0.2) is 31.1 Å². The maximum atomic E-state index is 11.2. The summed E-state index contributed by atoms with van der Waals surface area (Å²) in [6, 6.07) is 0. The number of carbonyl (C=O) groups is 1. The number of fused-ring (bicyclic) bond motifs is 2. The fourth-order valence-corrected chi connectivity index (χ4v) is 2.84. The van der Waals surface area contributed by atoms with E-state index in [1.807, 2.05) is 0 Å². The number of esters is 1. The van der Waals surface area contributed by atoms with Crippen LogP contribution in [0.1, 0.15) is 25.7 Å². The van der Waals surface area contributed by atoms with E-state index in [0.717, 1.165) is 19.3 Å². The van der Waals surface area contributed by atoms with Crippen molar-refractivity contribution in [1.29, 1.82) is 0 Å². The predicted octanol–water partition coefficient (Wildman–Crippen LogP) is 0.845. The van der Waals surface area contributed by atoms with Gasteiger partial charge in [-0.3, -0.25) is 4.79 Å². The first-order chi connectivity index (χ1) is 6.80. The fourth-order valence-electron chi connectivity index (χ4n) is 2.84. The van der Waals surface area contributed by atoms with Crippen molar-refractivity contribution in [2.75, 3.05) is 13.2 Å². The lowest BCUT2D eigenvalue weighted by atomic mass is 9.82. The lowest BCUT2D eigenvalue weighted by molar-refractivity contribution is -0.244. The van der Waals surface area contributed by atoms with Crippen LogP contribution in [0, 0.1) is 5.92 Å². The summed E-state index contributed by atoms with van der Waals surface area (Å²) in [6.07, 6.45) is 3.38. The average molecular weight is 198 g/mol. The number of hydrogen-bond acceptors (Lipinski definition) is 4. The van der Waals surface area contributed by atoms with Crippen LogP contribution in [0.2, 0.25) is 0 Å². The molecule has 2 heterocycles. The molecule has 0 unspecified atom stereocenters. The van der Waals surface area contributed by atoms with E-state index in [-0.39, 0.29) is 12.1 Å². The molecule has 1 spiro atoms. The molecule has 3 rings (SSSR count). The monoisotopic (exact) mass is 198 g/mol. The van der Waals surface area contributed by atoms with Crippen molar-refractivity contribution in [3.8, 4) is 0 Å². The summed E-state index contributed by atoms with van der Waals surface area (Å²) in [4.78, 5) is 11.2. The van der Waals surface area contributed by atoms with Gasteiger partial charge in [-0.25, -0.2) is 0 Å². The van der Waals surface area contributed by atoms with Gasteiger partial charge in [-0.1, -0.05) is 0 Å². The Morgan fingerprint density at radius 3 is 2.86 bits per heavy atom. The van der Waals surface area contributed by atoms with E-state index in [2.05, 4.69) is 0 Å². The van der Waals surface area contributed by atoms with E-state index >= 15 is 0 Å². The molecule has 1 saturated carbocycles. The SMILES string of the molecule is O=C1C[C@@H]2CCCC3(OCCO3)[C@@H]2O1. The topological polar surface area (TPSA) is 44.8 Å². The van der Waals surface area contributed by atoms with E-state index in [9.17, 15) is 4.79 Å². The molecule has 0 aromatic carbocycles. The first-order valence-corrected chi connectivity index (χ1v) is 5.28. The molecule has 2 saturated heterocycles. The number of ether oxygens (including phenoxy) is 3. The summed E-state index contributed by atoms with van der Waals surface area (Å²) >= 11 is 0. The number of hydrogen-bond donors (Lipinski definition) is 0. The molecule has 0 amide bonds. The van der Waals surface area contributed by atoms with E-state index in [0.29, 0.717) is 25.6 Å². The summed E-state index contributed by atoms with van der Waals surface area (Å²) < 4.78 is 16.6. The third-order valence-electron chi connectivity index (χ3n) is 3.43. The summed E-state index contributed by atoms with van der Waals surface area (Å²) in [6.45, 7) is 1.25. The molecule has 2 aliphatic heterocycles. The molecule has 3 aliphatic rings. The molecule has 0 bridgehead atoms. The maximum absolute atomic E-state index is 11.2. The largest absolute Gasteiger partial charge is 0.456 e. The Morgan fingerprint density at radius 2 is 2.07 bits per heavy atom. The van der Waals surface area contributed by atoms with E-state index < -0.39 is 5.79 Å². The molecule has 3 fully saturated rings. The normalized spacial score (nSPS) is 39.9. The quantitative estimate of drug-likeness (QED) is 0.541. The average Bonchev–Trinajstić information content (AvgIpc) is 2.74. The van der Waals surface area contributed by atoms with E-state index in [1.54, 1.807) is 0 Å². The molecule has 0 radical (unpaired) electrons. The molecular formula is C10H14O4. The van der Waals surface area contributed by atoms with Gasteiger partial charge in [0.05, 0.1) is 19.6 Å². The Morgan fingerprint density at radius 1 is 1.29 bits per heavy atom. The van der Waals surface area contributed by atoms with Crippen LogP contribution in [-0.2, 0) is 19.0 Å². The van der Waals surface area contributed by atoms with Gasteiger partial charge in [-0.05, 0) is 12.8 Å². The maximum Gasteiger partial charge on any atom is 0.306 e. The lowest BCUT2D eigenvalue weighted by Gasteiger charge is -2.38. The van der Waals surface area contributed by atoms with Crippen LogP contribution < -0.4 is 0 Å². The molecule has 4 nitrogen and oxygen atoms in total. The van der Waals surface area contributed by atoms with Crippen molar-refractivity contribution in [2.24, 2.45) is 5.92 Å². The Bertz CT molecular complexity index is 257. The van der Waals surface area contributed by atoms with Crippen LogP contribution >= 0.6 is 0 Å². The van der Waals surface area contributed by atoms with Gasteiger partial charge in [0.15, 0.2) is 6.10 Å². The highest BCUT2D eigenvalue weighted by Gasteiger charge is 2.55. The Labute approximate surface area is 82.5 Å². The summed E-state index contributed by atoms with van der Waals surface area (Å²) in [7, 11) is 0. The molecule has 78 valence electrons. The summed E-state index contributed by atoms with van der Waals surface area (Å²) in [5.41, 5.74) is 0. The van der Waals surface area contributed by atoms with Gasteiger partial charge in [-0.2, -0.15) is 0 Å². The van der Waals surface area contributed by atoms with Crippen molar-refractivity contribution in [3.63, 3.8) is 0 Å². The molecule has 14 heavy (non-hydrogen) atoms. The van der Waals surface area contributed by atoms with Crippen molar-refractivity contribution < 1.29 is 19.0 Å². The van der Waals surface area contributed by atoms with Crippen LogP contribution in [0.25, 0.3) is 0 Å². The second-order valence-corrected chi connectivity index (χ2v) is 4.28. The molecule has 0 aromatic heterocycles. The van der Waals surface area contributed by atoms with Gasteiger partial charge in [-0.15, -0.1) is 0 Å². The minimum atomic E-state index is -0.588. The van der Waals surface area contributed by atoms with Crippen molar-refractivity contribution in [1.82, 2.24) is 0 Å². The Balaban J connectivity index is 1.87. The first kappa shape index (κ1) is 8.68. The van der Waals surface area contributed by atoms with Crippen LogP contribution in [0.15, 0.2) is 0 Å². The first-order valence-electron chi connectivity index (χ1n) is 5.28. The molecule has 4 heteroatoms. The van der Waals surface area contributed by atoms with Gasteiger partial charge in [0, 0.05) is 12.3 Å². The van der Waals surface area contributed by atoms with Crippen molar-refractivity contribution >= 4 is 5.97 Å².